The normalized spacial score (nSPS) is 41.9. The molecule has 9 heteroatoms. The van der Waals surface area contributed by atoms with Crippen molar-refractivity contribution < 1.29 is 39.2 Å². The molecule has 35 heavy (non-hydrogen) atoms. The van der Waals surface area contributed by atoms with Gasteiger partial charge in [-0.2, -0.15) is 0 Å². The summed E-state index contributed by atoms with van der Waals surface area (Å²) in [4.78, 5) is 46.7. The minimum Gasteiger partial charge on any atom is -0.481 e. The number of halogens is 1. The molecule has 0 radical (unpaired) electrons. The molecular weight excluding hydrogens is 476 g/mol. The molecular formula is C26H33ClO8. The Hall–Kier alpha value is -2.03. The molecule has 192 valence electrons. The summed E-state index contributed by atoms with van der Waals surface area (Å²) < 4.78 is 5.06. The van der Waals surface area contributed by atoms with Crippen LogP contribution in [0.4, 0.5) is 0 Å². The Morgan fingerprint density at radius 3 is 2.57 bits per heavy atom. The molecule has 0 bridgehead atoms. The minimum absolute atomic E-state index is 0.0929. The number of carbonyl (C=O) groups is 4. The molecule has 3 fully saturated rings. The molecule has 7 atom stereocenters. The number of alkyl halides is 1. The lowest BCUT2D eigenvalue weighted by atomic mass is 9.45. The summed E-state index contributed by atoms with van der Waals surface area (Å²) >= 11 is 7.33. The SMILES string of the molecule is C[C@]12C=CC(=O)C=C1CC[C@H]1[C@@H]3CC[C@](O)(C(=O)COC(=O)CCCC(=O)O)[C@@]3(C)C[C@H](O)[C@@]12Cl. The molecule has 0 aromatic carbocycles. The minimum atomic E-state index is -1.78. The second kappa shape index (κ2) is 8.82. The molecule has 0 aliphatic heterocycles. The number of hydrogen-bond donors (Lipinski definition) is 3. The Bertz CT molecular complexity index is 1020. The van der Waals surface area contributed by atoms with E-state index in [9.17, 15) is 29.4 Å². The van der Waals surface area contributed by atoms with Crippen LogP contribution in [0.15, 0.2) is 23.8 Å². The van der Waals surface area contributed by atoms with Crippen molar-refractivity contribution in [3.8, 4) is 0 Å². The number of ether oxygens (including phenoxy) is 1. The lowest BCUT2D eigenvalue weighted by molar-refractivity contribution is -0.177. The van der Waals surface area contributed by atoms with Crippen molar-refractivity contribution in [2.75, 3.05) is 6.61 Å². The first-order valence-electron chi connectivity index (χ1n) is 12.2. The van der Waals surface area contributed by atoms with Crippen molar-refractivity contribution in [2.45, 2.75) is 81.8 Å². The number of hydrogen-bond acceptors (Lipinski definition) is 7. The molecule has 3 saturated carbocycles. The molecule has 0 amide bonds. The quantitative estimate of drug-likeness (QED) is 0.352. The summed E-state index contributed by atoms with van der Waals surface area (Å²) in [6, 6.07) is 0. The number of aliphatic hydroxyl groups excluding tert-OH is 1. The fourth-order valence-corrected chi connectivity index (χ4v) is 7.92. The fourth-order valence-electron chi connectivity index (χ4n) is 7.39. The average molecular weight is 509 g/mol. The molecule has 0 heterocycles. The van der Waals surface area contributed by atoms with Crippen LogP contribution in [0.5, 0.6) is 0 Å². The number of allylic oxidation sites excluding steroid dienone is 4. The lowest BCUT2D eigenvalue weighted by Crippen LogP contribution is -2.68. The van der Waals surface area contributed by atoms with Gasteiger partial charge in [-0.15, -0.1) is 11.6 Å². The summed E-state index contributed by atoms with van der Waals surface area (Å²) in [5.41, 5.74) is -2.57. The highest BCUT2D eigenvalue weighted by atomic mass is 35.5. The van der Waals surface area contributed by atoms with E-state index in [1.807, 2.05) is 13.8 Å². The van der Waals surface area contributed by atoms with Gasteiger partial charge in [-0.1, -0.05) is 25.5 Å². The van der Waals surface area contributed by atoms with Crippen LogP contribution >= 0.6 is 11.6 Å². The van der Waals surface area contributed by atoms with Crippen LogP contribution in [0.25, 0.3) is 0 Å². The number of ketones is 2. The van der Waals surface area contributed by atoms with E-state index in [0.29, 0.717) is 19.3 Å². The van der Waals surface area contributed by atoms with Crippen LogP contribution in [0.2, 0.25) is 0 Å². The number of fused-ring (bicyclic) bond motifs is 5. The Morgan fingerprint density at radius 2 is 1.89 bits per heavy atom. The Labute approximate surface area is 209 Å². The molecule has 0 spiro atoms. The molecule has 3 N–H and O–H groups in total. The number of rotatable bonds is 7. The summed E-state index contributed by atoms with van der Waals surface area (Å²) in [7, 11) is 0. The third kappa shape index (κ3) is 3.80. The Morgan fingerprint density at radius 1 is 1.17 bits per heavy atom. The maximum atomic E-state index is 13.2. The molecule has 0 aromatic rings. The topological polar surface area (TPSA) is 138 Å². The standard InChI is InChI=1S/C26H33ClO8/c1-23-10-8-16(28)12-15(23)6-7-18-17-9-11-25(34,24(17,2)13-19(29)26(18,23)27)20(30)14-35-22(33)5-3-4-21(31)32/h8,10,12,17-19,29,34H,3-7,9,11,13-14H2,1-2H3,(H,31,32)/t17-,18-,19-,23-,24-,25-,26-/m0/s1. The number of esters is 1. The molecule has 4 aliphatic rings. The highest BCUT2D eigenvalue weighted by Gasteiger charge is 2.73. The van der Waals surface area contributed by atoms with Crippen LogP contribution in [0.1, 0.15) is 65.2 Å². The van der Waals surface area contributed by atoms with E-state index < -0.39 is 51.7 Å². The van der Waals surface area contributed by atoms with Gasteiger partial charge in [0.15, 0.2) is 12.4 Å². The van der Waals surface area contributed by atoms with Gasteiger partial charge in [0.1, 0.15) is 5.60 Å². The van der Waals surface area contributed by atoms with E-state index in [2.05, 4.69) is 0 Å². The predicted octanol–water partition coefficient (Wildman–Crippen LogP) is 2.72. The third-order valence-electron chi connectivity index (χ3n) is 9.39. The summed E-state index contributed by atoms with van der Waals surface area (Å²) in [6.07, 6.45) is 5.74. The summed E-state index contributed by atoms with van der Waals surface area (Å²) in [5.74, 6) is -2.76. The van der Waals surface area contributed by atoms with E-state index in [-0.39, 0.29) is 49.7 Å². The van der Waals surface area contributed by atoms with E-state index in [1.165, 1.54) is 6.08 Å². The van der Waals surface area contributed by atoms with Crippen LogP contribution < -0.4 is 0 Å². The highest BCUT2D eigenvalue weighted by Crippen LogP contribution is 2.70. The van der Waals surface area contributed by atoms with Gasteiger partial charge in [0.05, 0.1) is 11.0 Å². The molecule has 0 unspecified atom stereocenters. The molecule has 0 aromatic heterocycles. The third-order valence-corrected chi connectivity index (χ3v) is 10.3. The lowest BCUT2D eigenvalue weighted by Gasteiger charge is -2.63. The van der Waals surface area contributed by atoms with E-state index in [1.54, 1.807) is 12.2 Å². The number of carboxylic acid groups (broad SMARTS) is 1. The second-order valence-electron chi connectivity index (χ2n) is 11.0. The molecule has 4 aliphatic carbocycles. The number of carboxylic acids is 1. The van der Waals surface area contributed by atoms with Crippen molar-refractivity contribution in [1.82, 2.24) is 0 Å². The van der Waals surface area contributed by atoms with Gasteiger partial charge in [-0.25, -0.2) is 0 Å². The van der Waals surface area contributed by atoms with Crippen molar-refractivity contribution in [3.63, 3.8) is 0 Å². The van der Waals surface area contributed by atoms with E-state index in [0.717, 1.165) is 5.57 Å². The zero-order chi connectivity index (χ0) is 25.8. The zero-order valence-electron chi connectivity index (χ0n) is 20.1. The number of aliphatic hydroxyl groups is 2. The molecule has 4 rings (SSSR count). The second-order valence-corrected chi connectivity index (χ2v) is 11.6. The van der Waals surface area contributed by atoms with Gasteiger partial charge in [0.2, 0.25) is 5.78 Å². The van der Waals surface area contributed by atoms with Gasteiger partial charge in [0, 0.05) is 23.7 Å². The van der Waals surface area contributed by atoms with Crippen LogP contribution in [0.3, 0.4) is 0 Å². The number of aliphatic carboxylic acids is 1. The van der Waals surface area contributed by atoms with Crippen molar-refractivity contribution in [1.29, 1.82) is 0 Å². The Balaban J connectivity index is 1.54. The predicted molar refractivity (Wildman–Crippen MR) is 126 cm³/mol. The van der Waals surface area contributed by atoms with Crippen LogP contribution in [-0.2, 0) is 23.9 Å². The fraction of sp³-hybridized carbons (Fsp3) is 0.692. The van der Waals surface area contributed by atoms with Crippen molar-refractivity contribution in [2.24, 2.45) is 22.7 Å². The van der Waals surface area contributed by atoms with Crippen molar-refractivity contribution >= 4 is 35.1 Å². The monoisotopic (exact) mass is 508 g/mol. The van der Waals surface area contributed by atoms with Crippen LogP contribution in [-0.4, -0.2) is 62.0 Å². The Kier molecular flexibility index (Phi) is 6.56. The van der Waals surface area contributed by atoms with Crippen molar-refractivity contribution in [3.05, 3.63) is 23.8 Å². The average Bonchev–Trinajstić information content (AvgIpc) is 3.05. The smallest absolute Gasteiger partial charge is 0.306 e. The first-order chi connectivity index (χ1) is 16.3. The maximum absolute atomic E-state index is 13.2. The first-order valence-corrected chi connectivity index (χ1v) is 12.6. The number of carbonyl (C=O) groups excluding carboxylic acids is 3. The first kappa shape index (κ1) is 26.0. The van der Waals surface area contributed by atoms with E-state index in [4.69, 9.17) is 21.4 Å². The largest absolute Gasteiger partial charge is 0.481 e. The summed E-state index contributed by atoms with van der Waals surface area (Å²) in [5, 5.41) is 31.8. The maximum Gasteiger partial charge on any atom is 0.306 e. The molecule has 8 nitrogen and oxygen atoms in total. The van der Waals surface area contributed by atoms with Gasteiger partial charge >= 0.3 is 11.9 Å². The molecule has 0 saturated heterocycles. The van der Waals surface area contributed by atoms with E-state index >= 15 is 0 Å². The van der Waals surface area contributed by atoms with Gasteiger partial charge in [0.25, 0.3) is 0 Å². The summed E-state index contributed by atoms with van der Waals surface area (Å²) in [6.45, 7) is 3.15. The highest BCUT2D eigenvalue weighted by molar-refractivity contribution is 6.26. The number of Topliss-reactive ketones (excluding diaryl/α,β-unsaturated/α-hetero) is 1. The van der Waals surface area contributed by atoms with Gasteiger partial charge < -0.3 is 20.1 Å². The zero-order valence-corrected chi connectivity index (χ0v) is 20.8. The van der Waals surface area contributed by atoms with Crippen LogP contribution in [0, 0.1) is 22.7 Å². The van der Waals surface area contributed by atoms with Gasteiger partial charge in [-0.05, 0) is 62.5 Å². The van der Waals surface area contributed by atoms with Gasteiger partial charge in [-0.3, -0.25) is 19.2 Å².